The third kappa shape index (κ3) is 7.36. The molecule has 0 fully saturated rings. The molecule has 10 rings (SSSR count). The zero-order chi connectivity index (χ0) is 45.9. The SMILES string of the molecule is CS(=O)(=O)NC(=O)c1c(-c2ccc[nH]c2=O)c2c3c(ccc2n1Cc1ccccc1Cn1cccc(-c2c(C(=O)O)n(Cc4ccccc4F)c4ccc5c(c24)OCCO5)c1=O)CCCO3. The number of nitrogens with zero attached hydrogens (tertiary/aromatic N) is 3. The molecule has 1 amide bonds. The minimum atomic E-state index is -4.09. The highest BCUT2D eigenvalue weighted by atomic mass is 32.2. The largest absolute Gasteiger partial charge is 0.493 e. The van der Waals surface area contributed by atoms with Crippen LogP contribution in [-0.2, 0) is 36.1 Å². The van der Waals surface area contributed by atoms with E-state index in [2.05, 4.69) is 9.71 Å². The number of fused-ring (bicyclic) bond motifs is 6. The number of H-pyrrole nitrogens is 1. The molecule has 17 heteroatoms. The van der Waals surface area contributed by atoms with Crippen molar-refractivity contribution < 1.29 is 41.7 Å². The van der Waals surface area contributed by atoms with Crippen molar-refractivity contribution in [2.75, 3.05) is 26.1 Å². The standard InChI is InChI=1S/C49H40FN5O10S/c1-66(61,62)52-47(57)42-38(32-13-6-20-51-46(32)56)40-35(17-16-28-12-8-22-64-44(28)40)54(42)26-30-10-3-2-9-29(30)25-53-21-7-14-33(48(53)58)39-41-36(18-19-37-45(41)65-24-23-63-37)55(43(39)49(59)60)27-31-11-4-5-15-34(31)50/h2-7,9-11,13-21H,8,12,22-27H2,1H3,(H,51,56)(H,52,57)(H,59,60). The summed E-state index contributed by atoms with van der Waals surface area (Å²) in [5.74, 6) is -1.70. The predicted octanol–water partition coefficient (Wildman–Crippen LogP) is 6.55. The molecule has 15 nitrogen and oxygen atoms in total. The van der Waals surface area contributed by atoms with Crippen LogP contribution in [0.3, 0.4) is 0 Å². The first-order chi connectivity index (χ1) is 31.9. The number of carbonyl (C=O) groups is 2. The van der Waals surface area contributed by atoms with Crippen LogP contribution in [0.15, 0.2) is 119 Å². The van der Waals surface area contributed by atoms with Gasteiger partial charge in [-0.05, 0) is 78.1 Å². The van der Waals surface area contributed by atoms with E-state index in [9.17, 15) is 32.7 Å². The Kier molecular flexibility index (Phi) is 10.6. The van der Waals surface area contributed by atoms with Gasteiger partial charge in [0, 0.05) is 35.6 Å². The van der Waals surface area contributed by atoms with Crippen LogP contribution in [0, 0.1) is 5.82 Å². The molecule has 4 aromatic carbocycles. The molecule has 6 heterocycles. The molecule has 66 heavy (non-hydrogen) atoms. The van der Waals surface area contributed by atoms with Gasteiger partial charge >= 0.3 is 5.97 Å². The van der Waals surface area contributed by atoms with E-state index in [1.165, 1.54) is 27.5 Å². The van der Waals surface area contributed by atoms with Gasteiger partial charge < -0.3 is 38.0 Å². The molecule has 2 aliphatic rings. The summed E-state index contributed by atoms with van der Waals surface area (Å²) in [6.45, 7) is 0.629. The topological polar surface area (TPSA) is 193 Å². The van der Waals surface area contributed by atoms with Gasteiger partial charge in [0.1, 0.15) is 36.2 Å². The number of hydrogen-bond acceptors (Lipinski definition) is 9. The fourth-order valence-electron chi connectivity index (χ4n) is 9.22. The molecular formula is C49H40FN5O10S. The second kappa shape index (κ2) is 16.6. The molecule has 0 unspecified atom stereocenters. The number of ether oxygens (including phenoxy) is 3. The summed E-state index contributed by atoms with van der Waals surface area (Å²) in [6, 6.07) is 26.7. The van der Waals surface area contributed by atoms with Crippen molar-refractivity contribution in [1.29, 1.82) is 0 Å². The molecule has 0 saturated heterocycles. The van der Waals surface area contributed by atoms with Gasteiger partial charge in [0.05, 0.1) is 58.9 Å². The zero-order valence-electron chi connectivity index (χ0n) is 35.3. The summed E-state index contributed by atoms with van der Waals surface area (Å²) in [5.41, 5.74) is 2.37. The number of amides is 1. The number of carboxylic acids is 1. The van der Waals surface area contributed by atoms with Gasteiger partial charge in [-0.3, -0.25) is 14.4 Å². The number of carbonyl (C=O) groups excluding carboxylic acids is 1. The number of aryl methyl sites for hydroxylation is 1. The van der Waals surface area contributed by atoms with Crippen LogP contribution >= 0.6 is 0 Å². The number of pyridine rings is 2. The average Bonchev–Trinajstić information content (AvgIpc) is 3.81. The maximum Gasteiger partial charge on any atom is 0.353 e. The second-order valence-corrected chi connectivity index (χ2v) is 17.9. The van der Waals surface area contributed by atoms with E-state index in [1.54, 1.807) is 71.4 Å². The summed E-state index contributed by atoms with van der Waals surface area (Å²) >= 11 is 0. The predicted molar refractivity (Wildman–Crippen MR) is 244 cm³/mol. The highest BCUT2D eigenvalue weighted by molar-refractivity contribution is 7.89. The van der Waals surface area contributed by atoms with Crippen LogP contribution in [-0.4, -0.2) is 70.2 Å². The van der Waals surface area contributed by atoms with E-state index < -0.39 is 38.8 Å². The maximum absolute atomic E-state index is 15.1. The smallest absolute Gasteiger partial charge is 0.353 e. The molecule has 0 radical (unpaired) electrons. The normalized spacial score (nSPS) is 13.4. The molecule has 4 aromatic heterocycles. The number of aromatic carboxylic acids is 1. The van der Waals surface area contributed by atoms with Gasteiger partial charge in [0.15, 0.2) is 11.5 Å². The van der Waals surface area contributed by atoms with Crippen molar-refractivity contribution in [3.05, 3.63) is 170 Å². The van der Waals surface area contributed by atoms with Crippen molar-refractivity contribution in [3.63, 3.8) is 0 Å². The van der Waals surface area contributed by atoms with Crippen molar-refractivity contribution in [1.82, 2.24) is 23.4 Å². The third-order valence-corrected chi connectivity index (χ3v) is 12.5. The molecule has 0 spiro atoms. The lowest BCUT2D eigenvalue weighted by atomic mass is 9.97. The molecule has 0 aliphatic carbocycles. The Hall–Kier alpha value is -7.92. The highest BCUT2D eigenvalue weighted by Gasteiger charge is 2.33. The Morgan fingerprint density at radius 3 is 2.11 bits per heavy atom. The lowest BCUT2D eigenvalue weighted by Crippen LogP contribution is -2.32. The molecule has 0 bridgehead atoms. The number of sulfonamides is 1. The summed E-state index contributed by atoms with van der Waals surface area (Å²) in [5, 5.41) is 11.7. The Morgan fingerprint density at radius 1 is 0.727 bits per heavy atom. The van der Waals surface area contributed by atoms with Gasteiger partial charge in [-0.2, -0.15) is 0 Å². The van der Waals surface area contributed by atoms with Crippen LogP contribution in [0.4, 0.5) is 4.39 Å². The number of aromatic amines is 1. The fourth-order valence-corrected chi connectivity index (χ4v) is 9.65. The molecule has 0 saturated carbocycles. The summed E-state index contributed by atoms with van der Waals surface area (Å²) in [4.78, 5) is 58.8. The Bertz CT molecular complexity index is 3550. The minimum Gasteiger partial charge on any atom is -0.493 e. The molecule has 0 atom stereocenters. The van der Waals surface area contributed by atoms with Crippen molar-refractivity contribution in [3.8, 4) is 39.5 Å². The van der Waals surface area contributed by atoms with Gasteiger partial charge in [-0.15, -0.1) is 0 Å². The van der Waals surface area contributed by atoms with E-state index in [0.29, 0.717) is 57.5 Å². The number of halogens is 1. The Morgan fingerprint density at radius 2 is 1.36 bits per heavy atom. The number of hydrogen-bond donors (Lipinski definition) is 3. The van der Waals surface area contributed by atoms with E-state index >= 15 is 4.39 Å². The number of nitrogens with one attached hydrogen (secondary N) is 2. The zero-order valence-corrected chi connectivity index (χ0v) is 36.1. The molecular weight excluding hydrogens is 870 g/mol. The van der Waals surface area contributed by atoms with E-state index in [1.807, 2.05) is 24.3 Å². The maximum atomic E-state index is 15.1. The number of rotatable bonds is 11. The van der Waals surface area contributed by atoms with Gasteiger partial charge in [0.25, 0.3) is 17.0 Å². The molecule has 3 N–H and O–H groups in total. The molecule has 334 valence electrons. The fraction of sp³-hybridized carbons (Fsp3) is 0.184. The van der Waals surface area contributed by atoms with Gasteiger partial charge in [0.2, 0.25) is 10.0 Å². The lowest BCUT2D eigenvalue weighted by molar-refractivity contribution is 0.0686. The number of benzene rings is 4. The highest BCUT2D eigenvalue weighted by Crippen LogP contribution is 2.46. The second-order valence-electron chi connectivity index (χ2n) is 16.1. The summed E-state index contributed by atoms with van der Waals surface area (Å²) in [7, 11) is -4.09. The van der Waals surface area contributed by atoms with Crippen LogP contribution in [0.2, 0.25) is 0 Å². The van der Waals surface area contributed by atoms with Crippen molar-refractivity contribution in [2.24, 2.45) is 0 Å². The summed E-state index contributed by atoms with van der Waals surface area (Å²) < 4.78 is 65.3. The van der Waals surface area contributed by atoms with Gasteiger partial charge in [-0.25, -0.2) is 22.3 Å². The minimum absolute atomic E-state index is 0.0205. The molecule has 2 aliphatic heterocycles. The third-order valence-electron chi connectivity index (χ3n) is 12.0. The molecule has 8 aromatic rings. The first-order valence-electron chi connectivity index (χ1n) is 21.1. The van der Waals surface area contributed by atoms with Crippen LogP contribution < -0.4 is 30.1 Å². The van der Waals surface area contributed by atoms with E-state index in [0.717, 1.165) is 18.2 Å². The van der Waals surface area contributed by atoms with Crippen molar-refractivity contribution in [2.45, 2.75) is 32.5 Å². The van der Waals surface area contributed by atoms with E-state index in [4.69, 9.17) is 14.2 Å². The number of aromatic nitrogens is 4. The van der Waals surface area contributed by atoms with Crippen molar-refractivity contribution >= 4 is 43.7 Å². The number of carboxylic acid groups (broad SMARTS) is 1. The van der Waals surface area contributed by atoms with Crippen LogP contribution in [0.25, 0.3) is 44.1 Å². The first kappa shape index (κ1) is 42.1. The lowest BCUT2D eigenvalue weighted by Gasteiger charge is -2.20. The Balaban J connectivity index is 1.13. The Labute approximate surface area is 375 Å². The summed E-state index contributed by atoms with van der Waals surface area (Å²) in [6.07, 6.45) is 5.35. The average molecular weight is 910 g/mol. The van der Waals surface area contributed by atoms with Crippen LogP contribution in [0.1, 0.15) is 49.7 Å². The monoisotopic (exact) mass is 909 g/mol. The quantitative estimate of drug-likeness (QED) is 0.128. The van der Waals surface area contributed by atoms with E-state index in [-0.39, 0.29) is 77.8 Å². The first-order valence-corrected chi connectivity index (χ1v) is 23.0. The van der Waals surface area contributed by atoms with Gasteiger partial charge in [-0.1, -0.05) is 48.5 Å². The van der Waals surface area contributed by atoms with Crippen LogP contribution in [0.5, 0.6) is 17.2 Å².